The van der Waals surface area contributed by atoms with Crippen LogP contribution in [0, 0.1) is 0 Å². The molecule has 0 radical (unpaired) electrons. The van der Waals surface area contributed by atoms with E-state index in [1.165, 1.54) is 0 Å². The third kappa shape index (κ3) is 4.40. The fourth-order valence-corrected chi connectivity index (χ4v) is 4.28. The van der Waals surface area contributed by atoms with E-state index in [0.29, 0.717) is 13.0 Å². The number of anilines is 1. The van der Waals surface area contributed by atoms with E-state index < -0.39 is 0 Å². The fraction of sp³-hybridized carbons (Fsp3) is 0.360. The molecular formula is C25H28N2O3. The van der Waals surface area contributed by atoms with Crippen molar-refractivity contribution in [2.45, 2.75) is 38.6 Å². The third-order valence-electron chi connectivity index (χ3n) is 5.81. The highest BCUT2D eigenvalue weighted by atomic mass is 16.5. The minimum atomic E-state index is 0.0326. The molecule has 2 saturated heterocycles. The Morgan fingerprint density at radius 3 is 2.50 bits per heavy atom. The van der Waals surface area contributed by atoms with Crippen molar-refractivity contribution < 1.29 is 14.3 Å². The van der Waals surface area contributed by atoms with E-state index in [4.69, 9.17) is 4.74 Å². The lowest BCUT2D eigenvalue weighted by atomic mass is 10.0. The van der Waals surface area contributed by atoms with Gasteiger partial charge in [-0.15, -0.1) is 0 Å². The topological polar surface area (TPSA) is 49.9 Å². The maximum absolute atomic E-state index is 12.9. The standard InChI is InChI=1S/C25H28N2O3/c1-2-30-22-14-10-20(11-15-22)23-5-3-18-27(23)25(29)16-9-19-7-12-21(13-8-19)26-17-4-6-24(26)28/h7-16,23H,2-6,17-18H2,1H3/b16-9+. The number of rotatable bonds is 6. The summed E-state index contributed by atoms with van der Waals surface area (Å²) in [5.41, 5.74) is 3.03. The minimum absolute atomic E-state index is 0.0326. The Kier molecular flexibility index (Phi) is 6.17. The first-order chi connectivity index (χ1) is 14.7. The van der Waals surface area contributed by atoms with Crippen molar-refractivity contribution in [1.82, 2.24) is 4.90 Å². The summed E-state index contributed by atoms with van der Waals surface area (Å²) in [6.07, 6.45) is 7.04. The number of hydrogen-bond acceptors (Lipinski definition) is 3. The van der Waals surface area contributed by atoms with Gasteiger partial charge in [-0.05, 0) is 67.7 Å². The van der Waals surface area contributed by atoms with E-state index in [1.807, 2.05) is 59.2 Å². The molecule has 0 saturated carbocycles. The second-order valence-corrected chi connectivity index (χ2v) is 7.77. The van der Waals surface area contributed by atoms with Crippen molar-refractivity contribution in [3.8, 4) is 5.75 Å². The molecule has 30 heavy (non-hydrogen) atoms. The normalized spacial score (nSPS) is 19.1. The number of likely N-dealkylation sites (tertiary alicyclic amines) is 1. The number of hydrogen-bond donors (Lipinski definition) is 0. The number of carbonyl (C=O) groups is 2. The quantitative estimate of drug-likeness (QED) is 0.662. The van der Waals surface area contributed by atoms with E-state index in [1.54, 1.807) is 6.08 Å². The number of ether oxygens (including phenoxy) is 1. The molecule has 2 amide bonds. The van der Waals surface area contributed by atoms with Crippen LogP contribution in [0.3, 0.4) is 0 Å². The van der Waals surface area contributed by atoms with Crippen LogP contribution in [-0.4, -0.2) is 36.4 Å². The molecule has 4 rings (SSSR count). The Morgan fingerprint density at radius 1 is 1.07 bits per heavy atom. The summed E-state index contributed by atoms with van der Waals surface area (Å²) < 4.78 is 5.52. The van der Waals surface area contributed by atoms with Crippen LogP contribution in [0.4, 0.5) is 5.69 Å². The summed E-state index contributed by atoms with van der Waals surface area (Å²) in [5, 5.41) is 0. The lowest BCUT2D eigenvalue weighted by molar-refractivity contribution is -0.126. The van der Waals surface area contributed by atoms with Gasteiger partial charge in [-0.25, -0.2) is 0 Å². The molecule has 2 fully saturated rings. The second-order valence-electron chi connectivity index (χ2n) is 7.77. The largest absolute Gasteiger partial charge is 0.494 e. The van der Waals surface area contributed by atoms with Crippen molar-refractivity contribution >= 4 is 23.6 Å². The molecule has 1 atom stereocenters. The second kappa shape index (κ2) is 9.16. The molecule has 2 aromatic carbocycles. The van der Waals surface area contributed by atoms with Gasteiger partial charge in [0.05, 0.1) is 12.6 Å². The van der Waals surface area contributed by atoms with Gasteiger partial charge >= 0.3 is 0 Å². The predicted molar refractivity (Wildman–Crippen MR) is 118 cm³/mol. The first-order valence-corrected chi connectivity index (χ1v) is 10.8. The molecule has 0 aliphatic carbocycles. The lowest BCUT2D eigenvalue weighted by Crippen LogP contribution is -2.28. The zero-order valence-electron chi connectivity index (χ0n) is 17.4. The molecule has 2 aromatic rings. The van der Waals surface area contributed by atoms with Gasteiger partial charge in [-0.1, -0.05) is 24.3 Å². The molecule has 1 unspecified atom stereocenters. The van der Waals surface area contributed by atoms with Gasteiger partial charge in [-0.2, -0.15) is 0 Å². The van der Waals surface area contributed by atoms with Crippen LogP contribution in [0.15, 0.2) is 54.6 Å². The molecule has 5 heteroatoms. The summed E-state index contributed by atoms with van der Waals surface area (Å²) in [6.45, 7) is 4.18. The van der Waals surface area contributed by atoms with Gasteiger partial charge in [0.2, 0.25) is 11.8 Å². The monoisotopic (exact) mass is 404 g/mol. The van der Waals surface area contributed by atoms with E-state index in [-0.39, 0.29) is 17.9 Å². The predicted octanol–water partition coefficient (Wildman–Crippen LogP) is 4.59. The summed E-state index contributed by atoms with van der Waals surface area (Å²) in [5.74, 6) is 1.07. The molecular weight excluding hydrogens is 376 g/mol. The van der Waals surface area contributed by atoms with Crippen LogP contribution < -0.4 is 9.64 Å². The Bertz CT molecular complexity index is 918. The number of carbonyl (C=O) groups excluding carboxylic acids is 2. The molecule has 2 aliphatic rings. The summed E-state index contributed by atoms with van der Waals surface area (Å²) in [6, 6.07) is 16.0. The van der Waals surface area contributed by atoms with Crippen molar-refractivity contribution in [3.05, 3.63) is 65.7 Å². The van der Waals surface area contributed by atoms with Crippen LogP contribution in [0.25, 0.3) is 6.08 Å². The van der Waals surface area contributed by atoms with Gasteiger partial charge in [-0.3, -0.25) is 9.59 Å². The molecule has 0 aromatic heterocycles. The number of nitrogens with zero attached hydrogens (tertiary/aromatic N) is 2. The van der Waals surface area contributed by atoms with E-state index in [0.717, 1.165) is 54.9 Å². The van der Waals surface area contributed by atoms with E-state index in [9.17, 15) is 9.59 Å². The first kappa shape index (κ1) is 20.2. The highest BCUT2D eigenvalue weighted by Crippen LogP contribution is 2.33. The Hall–Kier alpha value is -3.08. The van der Waals surface area contributed by atoms with Crippen LogP contribution >= 0.6 is 0 Å². The zero-order chi connectivity index (χ0) is 20.9. The molecule has 0 bridgehead atoms. The lowest BCUT2D eigenvalue weighted by Gasteiger charge is -2.24. The maximum Gasteiger partial charge on any atom is 0.247 e. The van der Waals surface area contributed by atoms with Crippen molar-refractivity contribution in [1.29, 1.82) is 0 Å². The number of amides is 2. The van der Waals surface area contributed by atoms with Crippen LogP contribution in [-0.2, 0) is 9.59 Å². The van der Waals surface area contributed by atoms with E-state index in [2.05, 4.69) is 12.1 Å². The Labute approximate surface area is 177 Å². The molecule has 2 aliphatic heterocycles. The van der Waals surface area contributed by atoms with Gasteiger partial charge in [0, 0.05) is 31.3 Å². The summed E-state index contributed by atoms with van der Waals surface area (Å²) in [7, 11) is 0. The third-order valence-corrected chi connectivity index (χ3v) is 5.81. The molecule has 2 heterocycles. The van der Waals surface area contributed by atoms with Crippen LogP contribution in [0.2, 0.25) is 0 Å². The van der Waals surface area contributed by atoms with Crippen molar-refractivity contribution in [2.24, 2.45) is 0 Å². The summed E-state index contributed by atoms with van der Waals surface area (Å²) >= 11 is 0. The van der Waals surface area contributed by atoms with Crippen molar-refractivity contribution in [3.63, 3.8) is 0 Å². The Balaban J connectivity index is 1.41. The molecule has 5 nitrogen and oxygen atoms in total. The SMILES string of the molecule is CCOc1ccc(C2CCCN2C(=O)/C=C/c2ccc(N3CCCC3=O)cc2)cc1. The smallest absolute Gasteiger partial charge is 0.247 e. The molecule has 0 N–H and O–H groups in total. The van der Waals surface area contributed by atoms with Gasteiger partial charge < -0.3 is 14.5 Å². The van der Waals surface area contributed by atoms with Crippen LogP contribution in [0.1, 0.15) is 49.8 Å². The van der Waals surface area contributed by atoms with Gasteiger partial charge in [0.1, 0.15) is 5.75 Å². The first-order valence-electron chi connectivity index (χ1n) is 10.8. The average Bonchev–Trinajstić information content (AvgIpc) is 3.42. The fourth-order valence-electron chi connectivity index (χ4n) is 4.28. The number of benzene rings is 2. The highest BCUT2D eigenvalue weighted by molar-refractivity contribution is 5.95. The van der Waals surface area contributed by atoms with Crippen LogP contribution in [0.5, 0.6) is 5.75 Å². The average molecular weight is 405 g/mol. The van der Waals surface area contributed by atoms with E-state index >= 15 is 0 Å². The molecule has 0 spiro atoms. The van der Waals surface area contributed by atoms with Crippen molar-refractivity contribution in [2.75, 3.05) is 24.6 Å². The molecule has 156 valence electrons. The zero-order valence-corrected chi connectivity index (χ0v) is 17.4. The maximum atomic E-state index is 12.9. The Morgan fingerprint density at radius 2 is 1.83 bits per heavy atom. The van der Waals surface area contributed by atoms with Gasteiger partial charge in [0.25, 0.3) is 0 Å². The minimum Gasteiger partial charge on any atom is -0.494 e. The summed E-state index contributed by atoms with van der Waals surface area (Å²) in [4.78, 5) is 28.5. The van der Waals surface area contributed by atoms with Gasteiger partial charge in [0.15, 0.2) is 0 Å². The highest BCUT2D eigenvalue weighted by Gasteiger charge is 2.28.